The molecular weight excluding hydrogens is 358 g/mol. The zero-order valence-corrected chi connectivity index (χ0v) is 16.2. The van der Waals surface area contributed by atoms with Crippen LogP contribution in [0.15, 0.2) is 28.9 Å². The average molecular weight is 383 g/mol. The molecule has 1 atom stereocenters. The van der Waals surface area contributed by atoms with Crippen LogP contribution in [0.1, 0.15) is 28.9 Å². The van der Waals surface area contributed by atoms with Crippen molar-refractivity contribution in [2.45, 2.75) is 44.8 Å². The van der Waals surface area contributed by atoms with Gasteiger partial charge >= 0.3 is 0 Å². The van der Waals surface area contributed by atoms with E-state index in [2.05, 4.69) is 44.8 Å². The first-order valence-corrected chi connectivity index (χ1v) is 9.65. The molecule has 1 saturated heterocycles. The van der Waals surface area contributed by atoms with E-state index in [0.717, 1.165) is 19.4 Å². The summed E-state index contributed by atoms with van der Waals surface area (Å²) >= 11 is 0. The fraction of sp³-hybridized carbons (Fsp3) is 0.500. The molecular formula is C20H25N5O3. The maximum atomic E-state index is 12.8. The first-order valence-electron chi connectivity index (χ1n) is 9.65. The van der Waals surface area contributed by atoms with Crippen LogP contribution in [0.3, 0.4) is 0 Å². The van der Waals surface area contributed by atoms with Crippen LogP contribution in [0.2, 0.25) is 0 Å². The number of benzene rings is 1. The average Bonchev–Trinajstić information content (AvgIpc) is 3.29. The van der Waals surface area contributed by atoms with Crippen molar-refractivity contribution in [3.63, 3.8) is 0 Å². The van der Waals surface area contributed by atoms with E-state index in [9.17, 15) is 9.59 Å². The van der Waals surface area contributed by atoms with Gasteiger partial charge in [-0.3, -0.25) is 14.5 Å². The first-order chi connectivity index (χ1) is 13.5. The number of nitrogens with one attached hydrogen (secondary N) is 1. The lowest BCUT2D eigenvalue weighted by Crippen LogP contribution is -2.59. The highest BCUT2D eigenvalue weighted by Gasteiger charge is 2.38. The molecule has 0 saturated carbocycles. The molecule has 2 aliphatic rings. The molecule has 1 aromatic carbocycles. The van der Waals surface area contributed by atoms with Crippen LogP contribution in [0.4, 0.5) is 0 Å². The van der Waals surface area contributed by atoms with Gasteiger partial charge in [0, 0.05) is 26.2 Å². The van der Waals surface area contributed by atoms with E-state index in [1.807, 2.05) is 0 Å². The molecule has 1 fully saturated rings. The lowest BCUT2D eigenvalue weighted by molar-refractivity contribution is -0.139. The number of nitrogens with zero attached hydrogens (tertiary/aromatic N) is 4. The van der Waals surface area contributed by atoms with Crippen molar-refractivity contribution in [1.82, 2.24) is 25.4 Å². The molecule has 1 aromatic heterocycles. The summed E-state index contributed by atoms with van der Waals surface area (Å²) in [5.74, 6) is -0.159. The Labute approximate surface area is 163 Å². The third kappa shape index (κ3) is 3.64. The number of fused-ring (bicyclic) bond motifs is 1. The Morgan fingerprint density at radius 2 is 2.00 bits per heavy atom. The van der Waals surface area contributed by atoms with E-state index in [-0.39, 0.29) is 24.3 Å². The third-order valence-electron chi connectivity index (χ3n) is 5.80. The first kappa shape index (κ1) is 18.6. The van der Waals surface area contributed by atoms with Gasteiger partial charge in [0.15, 0.2) is 0 Å². The smallest absolute Gasteiger partial charge is 0.237 e. The zero-order chi connectivity index (χ0) is 19.7. The maximum Gasteiger partial charge on any atom is 0.237 e. The van der Waals surface area contributed by atoms with Crippen LogP contribution >= 0.6 is 0 Å². The number of hydrogen-bond acceptors (Lipinski definition) is 6. The summed E-state index contributed by atoms with van der Waals surface area (Å²) in [5.41, 5.74) is 3.98. The van der Waals surface area contributed by atoms with Crippen LogP contribution in [0.5, 0.6) is 0 Å². The number of carbonyl (C=O) groups excluding carboxylic acids is 2. The van der Waals surface area contributed by atoms with Crippen molar-refractivity contribution in [2.24, 2.45) is 0 Å². The normalized spacial score (nSPS) is 20.1. The van der Waals surface area contributed by atoms with Crippen molar-refractivity contribution in [2.75, 3.05) is 20.1 Å². The molecule has 1 unspecified atom stereocenters. The molecule has 4 rings (SSSR count). The quantitative estimate of drug-likeness (QED) is 0.817. The summed E-state index contributed by atoms with van der Waals surface area (Å²) in [6.45, 7) is 3.49. The second-order valence-corrected chi connectivity index (χ2v) is 7.63. The molecule has 1 aliphatic carbocycles. The van der Waals surface area contributed by atoms with Gasteiger partial charge in [0.1, 0.15) is 11.4 Å². The minimum absolute atomic E-state index is 0.0664. The van der Waals surface area contributed by atoms with Gasteiger partial charge in [-0.05, 0) is 30.9 Å². The Morgan fingerprint density at radius 3 is 2.64 bits per heavy atom. The number of aromatic nitrogens is 2. The van der Waals surface area contributed by atoms with Crippen molar-refractivity contribution < 1.29 is 14.2 Å². The van der Waals surface area contributed by atoms with Crippen molar-refractivity contribution in [3.05, 3.63) is 46.8 Å². The monoisotopic (exact) mass is 383 g/mol. The van der Waals surface area contributed by atoms with Crippen LogP contribution in [-0.4, -0.2) is 64.1 Å². The zero-order valence-electron chi connectivity index (χ0n) is 16.2. The third-order valence-corrected chi connectivity index (χ3v) is 5.80. The topological polar surface area (TPSA) is 91.6 Å². The van der Waals surface area contributed by atoms with E-state index in [0.29, 0.717) is 24.5 Å². The molecule has 2 amide bonds. The van der Waals surface area contributed by atoms with Gasteiger partial charge < -0.3 is 10.2 Å². The molecule has 1 aliphatic heterocycles. The van der Waals surface area contributed by atoms with Crippen molar-refractivity contribution in [3.8, 4) is 0 Å². The van der Waals surface area contributed by atoms with E-state index in [1.165, 1.54) is 11.1 Å². The minimum atomic E-state index is -0.445. The standard InChI is InChI=1S/C20H25N5O3/c1-13-17(23-28-22-13)12-24(2)19(26)11-18-20(27)21-7-8-25(18)16-9-14-5-3-4-6-15(14)10-16/h3-6,16,18H,7-12H2,1-2H3,(H,21,27). The second kappa shape index (κ2) is 7.71. The molecule has 8 heteroatoms. The lowest BCUT2D eigenvalue weighted by Gasteiger charge is -2.39. The number of aryl methyl sites for hydroxylation is 1. The molecule has 0 spiro atoms. The number of piperazine rings is 1. The molecule has 2 heterocycles. The van der Waals surface area contributed by atoms with Crippen molar-refractivity contribution in [1.29, 1.82) is 0 Å². The summed E-state index contributed by atoms with van der Waals surface area (Å²) in [5, 5.41) is 10.5. The number of rotatable bonds is 5. The molecule has 8 nitrogen and oxygen atoms in total. The van der Waals surface area contributed by atoms with E-state index >= 15 is 0 Å². The largest absolute Gasteiger partial charge is 0.353 e. The minimum Gasteiger partial charge on any atom is -0.353 e. The summed E-state index contributed by atoms with van der Waals surface area (Å²) in [6, 6.07) is 8.23. The van der Waals surface area contributed by atoms with Gasteiger partial charge in [0.25, 0.3) is 0 Å². The summed E-state index contributed by atoms with van der Waals surface area (Å²) < 4.78 is 4.70. The maximum absolute atomic E-state index is 12.8. The van der Waals surface area contributed by atoms with Crippen LogP contribution in [-0.2, 0) is 29.0 Å². The van der Waals surface area contributed by atoms with E-state index in [1.54, 1.807) is 18.9 Å². The van der Waals surface area contributed by atoms with Gasteiger partial charge in [-0.25, -0.2) is 4.63 Å². The Kier molecular flexibility index (Phi) is 5.13. The van der Waals surface area contributed by atoms with Gasteiger partial charge in [-0.1, -0.05) is 34.6 Å². The highest BCUT2D eigenvalue weighted by atomic mass is 16.6. The molecule has 2 aromatic rings. The fourth-order valence-corrected chi connectivity index (χ4v) is 4.18. The summed E-state index contributed by atoms with van der Waals surface area (Å²) in [4.78, 5) is 29.2. The molecule has 0 radical (unpaired) electrons. The number of hydrogen-bond donors (Lipinski definition) is 1. The van der Waals surface area contributed by atoms with E-state index in [4.69, 9.17) is 4.63 Å². The second-order valence-electron chi connectivity index (χ2n) is 7.63. The Morgan fingerprint density at radius 1 is 1.29 bits per heavy atom. The van der Waals surface area contributed by atoms with Crippen molar-refractivity contribution >= 4 is 11.8 Å². The SMILES string of the molecule is Cc1nonc1CN(C)C(=O)CC1C(=O)NCCN1C1Cc2ccccc2C1. The van der Waals surface area contributed by atoms with Gasteiger partial charge in [0.05, 0.1) is 19.0 Å². The Balaban J connectivity index is 1.44. The van der Waals surface area contributed by atoms with Gasteiger partial charge in [-0.2, -0.15) is 0 Å². The summed E-state index contributed by atoms with van der Waals surface area (Å²) in [7, 11) is 1.72. The molecule has 28 heavy (non-hydrogen) atoms. The fourth-order valence-electron chi connectivity index (χ4n) is 4.18. The molecule has 1 N–H and O–H groups in total. The van der Waals surface area contributed by atoms with Crippen LogP contribution < -0.4 is 5.32 Å². The van der Waals surface area contributed by atoms with E-state index < -0.39 is 6.04 Å². The van der Waals surface area contributed by atoms with Gasteiger partial charge in [0.2, 0.25) is 11.8 Å². The number of carbonyl (C=O) groups is 2. The highest BCUT2D eigenvalue weighted by Crippen LogP contribution is 2.28. The van der Waals surface area contributed by atoms with Gasteiger partial charge in [-0.15, -0.1) is 0 Å². The number of amides is 2. The summed E-state index contributed by atoms with van der Waals surface area (Å²) in [6.07, 6.45) is 2.00. The molecule has 148 valence electrons. The van der Waals surface area contributed by atoms with Crippen LogP contribution in [0.25, 0.3) is 0 Å². The highest BCUT2D eigenvalue weighted by molar-refractivity contribution is 5.88. The Hall–Kier alpha value is -2.74. The predicted molar refractivity (Wildman–Crippen MR) is 101 cm³/mol. The predicted octanol–water partition coefficient (Wildman–Crippen LogP) is 0.694. The lowest BCUT2D eigenvalue weighted by atomic mass is 10.0. The Bertz CT molecular complexity index is 855. The van der Waals surface area contributed by atoms with Crippen LogP contribution in [0, 0.1) is 6.92 Å². The molecule has 0 bridgehead atoms.